The number of nitrogens with one attached hydrogen (secondary N) is 1. The molecule has 2 N–H and O–H groups in total. The second-order valence-electron chi connectivity index (χ2n) is 5.31. The minimum Gasteiger partial charge on any atom is -0.507 e. The molecule has 0 aliphatic heterocycles. The number of carbonyl (C=O) groups excluding carboxylic acids is 2. The second-order valence-corrected chi connectivity index (χ2v) is 5.31. The third kappa shape index (κ3) is 5.46. The molecule has 1 unspecified atom stereocenters. The summed E-state index contributed by atoms with van der Waals surface area (Å²) in [5.41, 5.74) is 1.03. The molecule has 1 atom stereocenters. The van der Waals surface area contributed by atoms with E-state index in [0.29, 0.717) is 11.1 Å². The molecule has 25 heavy (non-hydrogen) atoms. The lowest BCUT2D eigenvalue weighted by atomic mass is 10.1. The van der Waals surface area contributed by atoms with Crippen LogP contribution in [0.1, 0.15) is 11.1 Å². The van der Waals surface area contributed by atoms with Gasteiger partial charge in [0.1, 0.15) is 17.6 Å². The van der Waals surface area contributed by atoms with Gasteiger partial charge in [-0.15, -0.1) is 0 Å². The van der Waals surface area contributed by atoms with E-state index in [-0.39, 0.29) is 12.2 Å². The molecule has 130 valence electrons. The first-order valence-electron chi connectivity index (χ1n) is 7.58. The zero-order chi connectivity index (χ0) is 18.2. The largest absolute Gasteiger partial charge is 0.507 e. The fraction of sp³-hybridized carbons (Fsp3) is 0.158. The molecular formula is C19H18FNO4. The summed E-state index contributed by atoms with van der Waals surface area (Å²) in [5, 5.41) is 12.2. The van der Waals surface area contributed by atoms with Crippen LogP contribution in [0.15, 0.2) is 54.6 Å². The summed E-state index contributed by atoms with van der Waals surface area (Å²) in [6, 6.07) is 11.3. The number of esters is 1. The Labute approximate surface area is 144 Å². The minimum absolute atomic E-state index is 0.0378. The summed E-state index contributed by atoms with van der Waals surface area (Å²) < 4.78 is 18.0. The van der Waals surface area contributed by atoms with Gasteiger partial charge in [0, 0.05) is 18.1 Å². The number of rotatable bonds is 6. The number of para-hydroxylation sites is 1. The van der Waals surface area contributed by atoms with Gasteiger partial charge in [0.25, 0.3) is 0 Å². The van der Waals surface area contributed by atoms with E-state index in [1.807, 2.05) is 0 Å². The van der Waals surface area contributed by atoms with Crippen molar-refractivity contribution in [2.24, 2.45) is 0 Å². The van der Waals surface area contributed by atoms with Gasteiger partial charge >= 0.3 is 5.97 Å². The maximum atomic E-state index is 13.3. The summed E-state index contributed by atoms with van der Waals surface area (Å²) in [5.74, 6) is -1.55. The highest BCUT2D eigenvalue weighted by molar-refractivity contribution is 5.94. The lowest BCUT2D eigenvalue weighted by molar-refractivity contribution is -0.144. The minimum atomic E-state index is -0.951. The third-order valence-electron chi connectivity index (χ3n) is 3.48. The van der Waals surface area contributed by atoms with Gasteiger partial charge in [0.15, 0.2) is 0 Å². The molecule has 0 heterocycles. The molecule has 0 fully saturated rings. The molecule has 0 aromatic heterocycles. The van der Waals surface area contributed by atoms with Gasteiger partial charge in [0.05, 0.1) is 7.11 Å². The summed E-state index contributed by atoms with van der Waals surface area (Å²) in [6.07, 6.45) is 2.73. The van der Waals surface area contributed by atoms with E-state index in [4.69, 9.17) is 0 Å². The maximum Gasteiger partial charge on any atom is 0.328 e. The van der Waals surface area contributed by atoms with Crippen LogP contribution in [0, 0.1) is 5.82 Å². The first kappa shape index (κ1) is 18.2. The molecule has 2 aromatic rings. The van der Waals surface area contributed by atoms with Gasteiger partial charge in [-0.25, -0.2) is 9.18 Å². The predicted octanol–water partition coefficient (Wildman–Crippen LogP) is 2.45. The molecule has 0 aliphatic carbocycles. The molecule has 2 rings (SSSR count). The fourth-order valence-electron chi connectivity index (χ4n) is 2.25. The van der Waals surface area contributed by atoms with Crippen LogP contribution in [-0.2, 0) is 20.7 Å². The number of benzene rings is 2. The van der Waals surface area contributed by atoms with Crippen molar-refractivity contribution in [1.29, 1.82) is 0 Å². The molecule has 5 nitrogen and oxygen atoms in total. The number of amides is 1. The van der Waals surface area contributed by atoms with Gasteiger partial charge in [-0.3, -0.25) is 4.79 Å². The van der Waals surface area contributed by atoms with Crippen LogP contribution in [-0.4, -0.2) is 30.1 Å². The standard InChI is InChI=1S/C19H18FNO4/c1-25-19(24)16(12-13-5-4-7-15(20)11-13)21-18(23)10-9-14-6-2-3-8-17(14)22/h2-11,16,22H,12H2,1H3,(H,21,23)/b10-9+. The summed E-state index contributed by atoms with van der Waals surface area (Å²) in [7, 11) is 1.21. The quantitative estimate of drug-likeness (QED) is 0.624. The summed E-state index contributed by atoms with van der Waals surface area (Å²) in [4.78, 5) is 23.9. The maximum absolute atomic E-state index is 13.3. The number of carbonyl (C=O) groups is 2. The molecule has 1 amide bonds. The van der Waals surface area contributed by atoms with Crippen LogP contribution < -0.4 is 5.32 Å². The molecule has 0 bridgehead atoms. The van der Waals surface area contributed by atoms with Gasteiger partial charge in [-0.2, -0.15) is 0 Å². The Morgan fingerprint density at radius 1 is 1.24 bits per heavy atom. The highest BCUT2D eigenvalue weighted by atomic mass is 19.1. The topological polar surface area (TPSA) is 75.6 Å². The van der Waals surface area contributed by atoms with Crippen molar-refractivity contribution in [1.82, 2.24) is 5.32 Å². The van der Waals surface area contributed by atoms with Crippen molar-refractivity contribution in [3.8, 4) is 5.75 Å². The SMILES string of the molecule is COC(=O)C(Cc1cccc(F)c1)NC(=O)/C=C/c1ccccc1O. The second kappa shape index (κ2) is 8.63. The Morgan fingerprint density at radius 2 is 2.00 bits per heavy atom. The van der Waals surface area contributed by atoms with Crippen molar-refractivity contribution in [3.63, 3.8) is 0 Å². The average molecular weight is 343 g/mol. The van der Waals surface area contributed by atoms with E-state index < -0.39 is 23.7 Å². The number of phenols is 1. The molecule has 2 aromatic carbocycles. The molecule has 0 radical (unpaired) electrons. The van der Waals surface area contributed by atoms with E-state index in [1.54, 1.807) is 24.3 Å². The number of hydrogen-bond donors (Lipinski definition) is 2. The molecule has 6 heteroatoms. The molecule has 0 aliphatic rings. The lowest BCUT2D eigenvalue weighted by Crippen LogP contribution is -2.42. The normalized spacial score (nSPS) is 11.9. The zero-order valence-electron chi connectivity index (χ0n) is 13.6. The van der Waals surface area contributed by atoms with Crippen LogP contribution in [0.2, 0.25) is 0 Å². The number of methoxy groups -OCH3 is 1. The lowest BCUT2D eigenvalue weighted by Gasteiger charge is -2.15. The number of aromatic hydroxyl groups is 1. The van der Waals surface area contributed by atoms with Crippen molar-refractivity contribution < 1.29 is 23.8 Å². The van der Waals surface area contributed by atoms with E-state index in [1.165, 1.54) is 43.5 Å². The predicted molar refractivity (Wildman–Crippen MR) is 91.2 cm³/mol. The van der Waals surface area contributed by atoms with Gasteiger partial charge < -0.3 is 15.2 Å². The van der Waals surface area contributed by atoms with E-state index in [9.17, 15) is 19.1 Å². The Bertz CT molecular complexity index is 788. The highest BCUT2D eigenvalue weighted by Crippen LogP contribution is 2.16. The van der Waals surface area contributed by atoms with Crippen LogP contribution in [0.3, 0.4) is 0 Å². The van der Waals surface area contributed by atoms with Gasteiger partial charge in [0.2, 0.25) is 5.91 Å². The van der Waals surface area contributed by atoms with Crippen molar-refractivity contribution in [2.75, 3.05) is 7.11 Å². The Kier molecular flexibility index (Phi) is 6.28. The summed E-state index contributed by atoms with van der Waals surface area (Å²) in [6.45, 7) is 0. The fourth-order valence-corrected chi connectivity index (χ4v) is 2.25. The van der Waals surface area contributed by atoms with Crippen LogP contribution in [0.5, 0.6) is 5.75 Å². The smallest absolute Gasteiger partial charge is 0.328 e. The third-order valence-corrected chi connectivity index (χ3v) is 3.48. The van der Waals surface area contributed by atoms with Crippen LogP contribution in [0.25, 0.3) is 6.08 Å². The first-order chi connectivity index (χ1) is 12.0. The zero-order valence-corrected chi connectivity index (χ0v) is 13.6. The number of hydrogen-bond acceptors (Lipinski definition) is 4. The summed E-state index contributed by atoms with van der Waals surface area (Å²) >= 11 is 0. The number of phenolic OH excluding ortho intramolecular Hbond substituents is 1. The molecule has 0 saturated carbocycles. The number of ether oxygens (including phenoxy) is 1. The monoisotopic (exact) mass is 343 g/mol. The Balaban J connectivity index is 2.07. The van der Waals surface area contributed by atoms with E-state index >= 15 is 0 Å². The van der Waals surface area contributed by atoms with Gasteiger partial charge in [-0.05, 0) is 29.8 Å². The Hall–Kier alpha value is -3.15. The molecule has 0 spiro atoms. The van der Waals surface area contributed by atoms with E-state index in [2.05, 4.69) is 10.1 Å². The van der Waals surface area contributed by atoms with E-state index in [0.717, 1.165) is 0 Å². The first-order valence-corrected chi connectivity index (χ1v) is 7.58. The highest BCUT2D eigenvalue weighted by Gasteiger charge is 2.21. The van der Waals surface area contributed by atoms with Crippen molar-refractivity contribution in [3.05, 3.63) is 71.6 Å². The van der Waals surface area contributed by atoms with Crippen molar-refractivity contribution >= 4 is 18.0 Å². The molecule has 0 saturated heterocycles. The average Bonchev–Trinajstić information content (AvgIpc) is 2.60. The number of halogens is 1. The van der Waals surface area contributed by atoms with Crippen LogP contribution in [0.4, 0.5) is 4.39 Å². The van der Waals surface area contributed by atoms with Crippen LogP contribution >= 0.6 is 0 Å². The van der Waals surface area contributed by atoms with Gasteiger partial charge in [-0.1, -0.05) is 30.3 Å². The Morgan fingerprint density at radius 3 is 2.68 bits per heavy atom. The molecular weight excluding hydrogens is 325 g/mol. The van der Waals surface area contributed by atoms with Crippen molar-refractivity contribution in [2.45, 2.75) is 12.5 Å².